The second-order valence-corrected chi connectivity index (χ2v) is 9.00. The van der Waals surface area contributed by atoms with Gasteiger partial charge in [-0.15, -0.1) is 11.3 Å². The first kappa shape index (κ1) is 22.2. The zero-order chi connectivity index (χ0) is 22.7. The number of thiocarbonyl (C=S) groups is 1. The quantitative estimate of drug-likeness (QED) is 0.278. The lowest BCUT2D eigenvalue weighted by Crippen LogP contribution is -2.34. The molecule has 0 saturated carbocycles. The Balaban J connectivity index is 1.43. The fourth-order valence-corrected chi connectivity index (χ4v) is 4.73. The molecule has 0 fully saturated rings. The second-order valence-electron chi connectivity index (χ2n) is 6.71. The van der Waals surface area contributed by atoms with Gasteiger partial charge in [0.05, 0.1) is 26.9 Å². The number of benzene rings is 3. The predicted octanol–water partition coefficient (Wildman–Crippen LogP) is 5.96. The minimum atomic E-state index is -0.360. The number of ether oxygens (including phenoxy) is 1. The lowest BCUT2D eigenvalue weighted by molar-refractivity contribution is 0.0977. The van der Waals surface area contributed by atoms with E-state index in [4.69, 9.17) is 17.0 Å². The van der Waals surface area contributed by atoms with Gasteiger partial charge >= 0.3 is 0 Å². The number of aromatic nitrogens is 1. The zero-order valence-electron chi connectivity index (χ0n) is 16.9. The van der Waals surface area contributed by atoms with Gasteiger partial charge in [0.2, 0.25) is 0 Å². The Hall–Kier alpha value is -3.01. The van der Waals surface area contributed by atoms with Crippen LogP contribution in [-0.4, -0.2) is 27.7 Å². The number of carbonyl (C=O) groups excluding carboxylic acids is 1. The van der Waals surface area contributed by atoms with E-state index < -0.39 is 0 Å². The maximum absolute atomic E-state index is 12.5. The number of aromatic hydroxyl groups is 1. The Morgan fingerprint density at radius 1 is 1.19 bits per heavy atom. The lowest BCUT2D eigenvalue weighted by atomic mass is 10.2. The molecular weight excluding hydrogens is 510 g/mol. The van der Waals surface area contributed by atoms with Crippen LogP contribution >= 0.6 is 39.5 Å². The molecule has 0 bridgehead atoms. The van der Waals surface area contributed by atoms with Gasteiger partial charge in [0.1, 0.15) is 16.5 Å². The van der Waals surface area contributed by atoms with Gasteiger partial charge in [-0.25, -0.2) is 4.98 Å². The van der Waals surface area contributed by atoms with Gasteiger partial charge in [-0.2, -0.15) is 0 Å². The summed E-state index contributed by atoms with van der Waals surface area (Å²) in [4.78, 5) is 17.1. The highest BCUT2D eigenvalue weighted by atomic mass is 79.9. The number of carbonyl (C=O) groups is 1. The van der Waals surface area contributed by atoms with Crippen LogP contribution < -0.4 is 15.4 Å². The van der Waals surface area contributed by atoms with Gasteiger partial charge in [0, 0.05) is 17.3 Å². The van der Waals surface area contributed by atoms with E-state index in [-0.39, 0.29) is 16.8 Å². The molecule has 162 valence electrons. The monoisotopic (exact) mass is 527 g/mol. The summed E-state index contributed by atoms with van der Waals surface area (Å²) in [6, 6.07) is 18.0. The molecule has 4 aromatic rings. The molecule has 0 aliphatic heterocycles. The molecule has 0 unspecified atom stereocenters. The first-order valence-corrected chi connectivity index (χ1v) is 11.7. The lowest BCUT2D eigenvalue weighted by Gasteiger charge is -2.12. The SMILES string of the molecule is CCOc1ccc(C(=O)NC(=S)Nc2ccc(-c3nc4ccccc4s3)c(O)c2)cc1Br. The largest absolute Gasteiger partial charge is 0.507 e. The molecule has 1 aromatic heterocycles. The number of hydrogen-bond acceptors (Lipinski definition) is 6. The molecule has 0 aliphatic carbocycles. The van der Waals surface area contributed by atoms with E-state index in [1.54, 1.807) is 36.4 Å². The van der Waals surface area contributed by atoms with Crippen molar-refractivity contribution in [2.75, 3.05) is 11.9 Å². The molecule has 0 atom stereocenters. The molecule has 1 heterocycles. The normalized spacial score (nSPS) is 10.7. The van der Waals surface area contributed by atoms with Crippen molar-refractivity contribution in [2.24, 2.45) is 0 Å². The van der Waals surface area contributed by atoms with Crippen molar-refractivity contribution >= 4 is 66.4 Å². The third-order valence-electron chi connectivity index (χ3n) is 4.50. The molecule has 32 heavy (non-hydrogen) atoms. The van der Waals surface area contributed by atoms with Gasteiger partial charge in [0.15, 0.2) is 5.11 Å². The number of nitrogens with one attached hydrogen (secondary N) is 2. The fraction of sp³-hybridized carbons (Fsp3) is 0.0870. The van der Waals surface area contributed by atoms with Crippen molar-refractivity contribution < 1.29 is 14.6 Å². The van der Waals surface area contributed by atoms with Crippen molar-refractivity contribution in [3.05, 3.63) is 70.7 Å². The average Bonchev–Trinajstić information content (AvgIpc) is 3.19. The van der Waals surface area contributed by atoms with Crippen LogP contribution in [0.5, 0.6) is 11.5 Å². The average molecular weight is 528 g/mol. The molecule has 0 aliphatic rings. The number of para-hydroxylation sites is 1. The van der Waals surface area contributed by atoms with E-state index in [1.165, 1.54) is 11.3 Å². The molecule has 0 radical (unpaired) electrons. The Labute approximate surface area is 202 Å². The van der Waals surface area contributed by atoms with Crippen LogP contribution in [0.1, 0.15) is 17.3 Å². The molecule has 0 spiro atoms. The van der Waals surface area contributed by atoms with Crippen LogP contribution in [0.3, 0.4) is 0 Å². The van der Waals surface area contributed by atoms with Crippen molar-refractivity contribution in [2.45, 2.75) is 6.92 Å². The number of fused-ring (bicyclic) bond motifs is 1. The molecule has 9 heteroatoms. The standard InChI is InChI=1S/C23H18BrN3O3S2/c1-2-30-19-10-7-13(11-16(19)24)21(29)27-23(31)25-14-8-9-15(18(28)12-14)22-26-17-5-3-4-6-20(17)32-22/h3-12,28H,2H2,1H3,(H2,25,27,29,31). The van der Waals surface area contributed by atoms with Gasteiger partial charge in [-0.05, 0) is 77.5 Å². The highest BCUT2D eigenvalue weighted by Crippen LogP contribution is 2.36. The number of amides is 1. The number of anilines is 1. The van der Waals surface area contributed by atoms with E-state index in [0.717, 1.165) is 15.2 Å². The number of nitrogens with zero attached hydrogens (tertiary/aromatic N) is 1. The summed E-state index contributed by atoms with van der Waals surface area (Å²) in [6.45, 7) is 2.42. The Kier molecular flexibility index (Phi) is 6.69. The summed E-state index contributed by atoms with van der Waals surface area (Å²) in [5.74, 6) is 0.369. The van der Waals surface area contributed by atoms with Crippen molar-refractivity contribution in [3.63, 3.8) is 0 Å². The third-order valence-corrected chi connectivity index (χ3v) is 6.39. The van der Waals surface area contributed by atoms with E-state index in [1.807, 2.05) is 31.2 Å². The highest BCUT2D eigenvalue weighted by Gasteiger charge is 2.13. The van der Waals surface area contributed by atoms with Crippen LogP contribution in [0.2, 0.25) is 0 Å². The van der Waals surface area contributed by atoms with Crippen LogP contribution in [0.15, 0.2) is 65.1 Å². The van der Waals surface area contributed by atoms with Crippen molar-refractivity contribution in [1.29, 1.82) is 0 Å². The Morgan fingerprint density at radius 3 is 2.72 bits per heavy atom. The Bertz CT molecular complexity index is 1290. The van der Waals surface area contributed by atoms with Crippen LogP contribution in [-0.2, 0) is 0 Å². The van der Waals surface area contributed by atoms with E-state index in [9.17, 15) is 9.90 Å². The fourth-order valence-electron chi connectivity index (χ4n) is 3.03. The molecule has 6 nitrogen and oxygen atoms in total. The summed E-state index contributed by atoms with van der Waals surface area (Å²) >= 11 is 10.2. The Morgan fingerprint density at radius 2 is 2.00 bits per heavy atom. The molecule has 1 amide bonds. The number of phenols is 1. The molecule has 0 saturated heterocycles. The first-order chi connectivity index (χ1) is 15.4. The summed E-state index contributed by atoms with van der Waals surface area (Å²) in [5.41, 5.74) is 2.49. The molecule has 3 N–H and O–H groups in total. The summed E-state index contributed by atoms with van der Waals surface area (Å²) in [6.07, 6.45) is 0. The van der Waals surface area contributed by atoms with Gasteiger partial charge in [-0.1, -0.05) is 12.1 Å². The zero-order valence-corrected chi connectivity index (χ0v) is 20.1. The summed E-state index contributed by atoms with van der Waals surface area (Å²) in [5, 5.41) is 16.9. The first-order valence-electron chi connectivity index (χ1n) is 9.68. The number of phenolic OH excluding ortho intramolecular Hbond substituents is 1. The number of halogens is 1. The van der Waals surface area contributed by atoms with Gasteiger partial charge in [-0.3, -0.25) is 10.1 Å². The maximum atomic E-state index is 12.5. The molecule has 3 aromatic carbocycles. The minimum Gasteiger partial charge on any atom is -0.507 e. The smallest absolute Gasteiger partial charge is 0.257 e. The van der Waals surface area contributed by atoms with Crippen LogP contribution in [0.4, 0.5) is 5.69 Å². The van der Waals surface area contributed by atoms with E-state index in [2.05, 4.69) is 31.5 Å². The topological polar surface area (TPSA) is 83.5 Å². The number of thiazole rings is 1. The van der Waals surface area contributed by atoms with Gasteiger partial charge < -0.3 is 15.2 Å². The van der Waals surface area contributed by atoms with Crippen molar-refractivity contribution in [3.8, 4) is 22.1 Å². The molecule has 4 rings (SSSR count). The third kappa shape index (κ3) is 4.90. The van der Waals surface area contributed by atoms with Crippen molar-refractivity contribution in [1.82, 2.24) is 10.3 Å². The summed E-state index contributed by atoms with van der Waals surface area (Å²) in [7, 11) is 0. The predicted molar refractivity (Wildman–Crippen MR) is 136 cm³/mol. The van der Waals surface area contributed by atoms with E-state index in [0.29, 0.717) is 33.6 Å². The highest BCUT2D eigenvalue weighted by molar-refractivity contribution is 9.10. The van der Waals surface area contributed by atoms with Gasteiger partial charge in [0.25, 0.3) is 5.91 Å². The summed E-state index contributed by atoms with van der Waals surface area (Å²) < 4.78 is 7.19. The minimum absolute atomic E-state index is 0.0682. The molecular formula is C23H18BrN3O3S2. The second kappa shape index (κ2) is 9.64. The van der Waals surface area contributed by atoms with Crippen LogP contribution in [0, 0.1) is 0 Å². The van der Waals surface area contributed by atoms with Crippen LogP contribution in [0.25, 0.3) is 20.8 Å². The maximum Gasteiger partial charge on any atom is 0.257 e. The number of rotatable bonds is 5. The van der Waals surface area contributed by atoms with E-state index >= 15 is 0 Å². The number of hydrogen-bond donors (Lipinski definition) is 3.